The number of carbonyl (C=O) groups excluding carboxylic acids is 1. The molecule has 0 aromatic heterocycles. The van der Waals surface area contributed by atoms with Crippen LogP contribution < -0.4 is 0 Å². The molecule has 16 heavy (non-hydrogen) atoms. The second kappa shape index (κ2) is 5.17. The molecule has 3 nitrogen and oxygen atoms in total. The number of esters is 1. The normalized spacial score (nSPS) is 31.2. The van der Waals surface area contributed by atoms with E-state index in [2.05, 4.69) is 6.92 Å². The molecular formula is C13H24O3. The second-order valence-electron chi connectivity index (χ2n) is 5.79. The van der Waals surface area contributed by atoms with E-state index in [1.54, 1.807) is 7.11 Å². The molecule has 0 radical (unpaired) electrons. The minimum Gasteiger partial charge on any atom is -0.460 e. The van der Waals surface area contributed by atoms with Crippen molar-refractivity contribution in [2.24, 2.45) is 11.8 Å². The Kier molecular flexibility index (Phi) is 4.36. The third-order valence-corrected chi connectivity index (χ3v) is 3.19. The molecule has 3 atom stereocenters. The Morgan fingerprint density at radius 3 is 2.38 bits per heavy atom. The van der Waals surface area contributed by atoms with Gasteiger partial charge in [0.2, 0.25) is 0 Å². The molecule has 1 aliphatic carbocycles. The SMILES string of the molecule is COC1CCC(C)C(C(=O)OC(C)(C)C)C1. The van der Waals surface area contributed by atoms with Gasteiger partial charge < -0.3 is 9.47 Å². The van der Waals surface area contributed by atoms with Gasteiger partial charge in [0.25, 0.3) is 0 Å². The van der Waals surface area contributed by atoms with Gasteiger partial charge >= 0.3 is 5.97 Å². The standard InChI is InChI=1S/C13H24O3/c1-9-6-7-10(15-5)8-11(9)12(14)16-13(2,3)4/h9-11H,6-8H2,1-5H3. The van der Waals surface area contributed by atoms with Gasteiger partial charge in [-0.2, -0.15) is 0 Å². The topological polar surface area (TPSA) is 35.5 Å². The summed E-state index contributed by atoms with van der Waals surface area (Å²) in [5, 5.41) is 0. The summed E-state index contributed by atoms with van der Waals surface area (Å²) in [6.07, 6.45) is 3.11. The number of rotatable bonds is 2. The summed E-state index contributed by atoms with van der Waals surface area (Å²) in [7, 11) is 1.72. The number of hydrogen-bond donors (Lipinski definition) is 0. The maximum absolute atomic E-state index is 12.0. The minimum absolute atomic E-state index is 0.00192. The van der Waals surface area contributed by atoms with E-state index in [9.17, 15) is 4.79 Å². The van der Waals surface area contributed by atoms with Crippen molar-refractivity contribution in [3.63, 3.8) is 0 Å². The van der Waals surface area contributed by atoms with E-state index >= 15 is 0 Å². The van der Waals surface area contributed by atoms with E-state index < -0.39 is 5.60 Å². The van der Waals surface area contributed by atoms with Crippen LogP contribution in [0.1, 0.15) is 47.0 Å². The van der Waals surface area contributed by atoms with Crippen molar-refractivity contribution < 1.29 is 14.3 Å². The molecule has 0 amide bonds. The fourth-order valence-corrected chi connectivity index (χ4v) is 2.20. The summed E-state index contributed by atoms with van der Waals surface area (Å²) in [5.41, 5.74) is -0.392. The molecule has 3 unspecified atom stereocenters. The van der Waals surface area contributed by atoms with Crippen LogP contribution in [0.2, 0.25) is 0 Å². The first-order valence-electron chi connectivity index (χ1n) is 6.09. The summed E-state index contributed by atoms with van der Waals surface area (Å²) in [4.78, 5) is 12.0. The van der Waals surface area contributed by atoms with Crippen molar-refractivity contribution in [2.45, 2.75) is 58.7 Å². The lowest BCUT2D eigenvalue weighted by Crippen LogP contribution is -2.37. The quantitative estimate of drug-likeness (QED) is 0.682. The Morgan fingerprint density at radius 1 is 1.25 bits per heavy atom. The van der Waals surface area contributed by atoms with Crippen LogP contribution in [0.4, 0.5) is 0 Å². The zero-order valence-corrected chi connectivity index (χ0v) is 11.1. The van der Waals surface area contributed by atoms with E-state index in [4.69, 9.17) is 9.47 Å². The van der Waals surface area contributed by atoms with E-state index in [0.717, 1.165) is 19.3 Å². The average Bonchev–Trinajstić information content (AvgIpc) is 2.15. The van der Waals surface area contributed by atoms with Gasteiger partial charge in [-0.25, -0.2) is 0 Å². The Bertz CT molecular complexity index is 242. The molecule has 1 saturated carbocycles. The predicted molar refractivity (Wildman–Crippen MR) is 63.1 cm³/mol. The first kappa shape index (κ1) is 13.5. The van der Waals surface area contributed by atoms with Gasteiger partial charge in [0.05, 0.1) is 12.0 Å². The zero-order chi connectivity index (χ0) is 12.3. The van der Waals surface area contributed by atoms with Crippen LogP contribution in [0, 0.1) is 11.8 Å². The Morgan fingerprint density at radius 2 is 1.88 bits per heavy atom. The molecule has 0 aromatic rings. The van der Waals surface area contributed by atoms with Crippen LogP contribution in [0.5, 0.6) is 0 Å². The highest BCUT2D eigenvalue weighted by molar-refractivity contribution is 5.73. The third kappa shape index (κ3) is 3.78. The van der Waals surface area contributed by atoms with Crippen molar-refractivity contribution in [1.82, 2.24) is 0 Å². The Balaban J connectivity index is 2.59. The van der Waals surface area contributed by atoms with E-state index in [1.807, 2.05) is 20.8 Å². The fourth-order valence-electron chi connectivity index (χ4n) is 2.20. The molecule has 1 rings (SSSR count). The molecule has 1 fully saturated rings. The van der Waals surface area contributed by atoms with Gasteiger partial charge in [0, 0.05) is 7.11 Å². The zero-order valence-electron chi connectivity index (χ0n) is 11.1. The van der Waals surface area contributed by atoms with E-state index in [0.29, 0.717) is 5.92 Å². The van der Waals surface area contributed by atoms with Gasteiger partial charge in [-0.15, -0.1) is 0 Å². The van der Waals surface area contributed by atoms with Crippen molar-refractivity contribution in [3.8, 4) is 0 Å². The number of hydrogen-bond acceptors (Lipinski definition) is 3. The van der Waals surface area contributed by atoms with Gasteiger partial charge in [0.1, 0.15) is 5.60 Å². The minimum atomic E-state index is -0.392. The first-order chi connectivity index (χ1) is 7.33. The average molecular weight is 228 g/mol. The van der Waals surface area contributed by atoms with E-state index in [1.165, 1.54) is 0 Å². The summed E-state index contributed by atoms with van der Waals surface area (Å²) < 4.78 is 10.8. The molecule has 1 aliphatic rings. The van der Waals surface area contributed by atoms with E-state index in [-0.39, 0.29) is 18.0 Å². The smallest absolute Gasteiger partial charge is 0.309 e. The lowest BCUT2D eigenvalue weighted by atomic mass is 9.79. The first-order valence-corrected chi connectivity index (χ1v) is 6.09. The molecule has 0 spiro atoms. The van der Waals surface area contributed by atoms with Gasteiger partial charge in [0.15, 0.2) is 0 Å². The summed E-state index contributed by atoms with van der Waals surface area (Å²) in [5.74, 6) is 0.334. The maximum atomic E-state index is 12.0. The molecule has 0 saturated heterocycles. The number of methoxy groups -OCH3 is 1. The molecule has 0 aromatic carbocycles. The molecule has 0 heterocycles. The molecule has 0 N–H and O–H groups in total. The van der Waals surface area contributed by atoms with Crippen LogP contribution in [0.3, 0.4) is 0 Å². The largest absolute Gasteiger partial charge is 0.460 e. The van der Waals surface area contributed by atoms with Crippen LogP contribution in [-0.4, -0.2) is 24.8 Å². The van der Waals surface area contributed by atoms with Crippen LogP contribution in [0.25, 0.3) is 0 Å². The van der Waals surface area contributed by atoms with Crippen molar-refractivity contribution in [2.75, 3.05) is 7.11 Å². The van der Waals surface area contributed by atoms with Gasteiger partial charge in [-0.3, -0.25) is 4.79 Å². The van der Waals surface area contributed by atoms with Crippen molar-refractivity contribution in [1.29, 1.82) is 0 Å². The summed E-state index contributed by atoms with van der Waals surface area (Å²) in [6.45, 7) is 7.85. The summed E-state index contributed by atoms with van der Waals surface area (Å²) >= 11 is 0. The van der Waals surface area contributed by atoms with Crippen LogP contribution >= 0.6 is 0 Å². The highest BCUT2D eigenvalue weighted by Crippen LogP contribution is 2.33. The van der Waals surface area contributed by atoms with Crippen molar-refractivity contribution in [3.05, 3.63) is 0 Å². The Hall–Kier alpha value is -0.570. The lowest BCUT2D eigenvalue weighted by Gasteiger charge is -2.33. The molecule has 0 bridgehead atoms. The third-order valence-electron chi connectivity index (χ3n) is 3.19. The fraction of sp³-hybridized carbons (Fsp3) is 0.923. The Labute approximate surface area is 98.5 Å². The number of ether oxygens (including phenoxy) is 2. The van der Waals surface area contributed by atoms with Gasteiger partial charge in [-0.05, 0) is 46.0 Å². The van der Waals surface area contributed by atoms with Gasteiger partial charge in [-0.1, -0.05) is 6.92 Å². The number of carbonyl (C=O) groups is 1. The molecule has 3 heteroatoms. The molecule has 0 aliphatic heterocycles. The second-order valence-corrected chi connectivity index (χ2v) is 5.79. The lowest BCUT2D eigenvalue weighted by molar-refractivity contribution is -0.165. The monoisotopic (exact) mass is 228 g/mol. The van der Waals surface area contributed by atoms with Crippen LogP contribution in [0.15, 0.2) is 0 Å². The maximum Gasteiger partial charge on any atom is 0.309 e. The summed E-state index contributed by atoms with van der Waals surface area (Å²) in [6, 6.07) is 0. The highest BCUT2D eigenvalue weighted by Gasteiger charge is 2.35. The molecular weight excluding hydrogens is 204 g/mol. The van der Waals surface area contributed by atoms with Crippen LogP contribution in [-0.2, 0) is 14.3 Å². The highest BCUT2D eigenvalue weighted by atomic mass is 16.6. The predicted octanol–water partition coefficient (Wildman–Crippen LogP) is 2.78. The van der Waals surface area contributed by atoms with Crippen molar-refractivity contribution >= 4 is 5.97 Å². The molecule has 94 valence electrons.